The van der Waals surface area contributed by atoms with Crippen molar-refractivity contribution in [2.24, 2.45) is 0 Å². The normalized spacial score (nSPS) is 11.0. The van der Waals surface area contributed by atoms with Crippen LogP contribution in [0.5, 0.6) is 0 Å². The van der Waals surface area contributed by atoms with Crippen LogP contribution in [0, 0.1) is 0 Å². The Morgan fingerprint density at radius 2 is 1.67 bits per heavy atom. The molecule has 0 unspecified atom stereocenters. The highest BCUT2D eigenvalue weighted by molar-refractivity contribution is 5.91. The fourth-order valence-corrected chi connectivity index (χ4v) is 2.93. The Morgan fingerprint density at radius 3 is 2.42 bits per heavy atom. The van der Waals surface area contributed by atoms with Crippen molar-refractivity contribution in [2.45, 2.75) is 13.0 Å². The monoisotopic (exact) mass is 315 g/mol. The Bertz CT molecular complexity index is 1020. The van der Waals surface area contributed by atoms with E-state index in [2.05, 4.69) is 22.1 Å². The molecule has 0 fully saturated rings. The number of hydrogen-bond acceptors (Lipinski definition) is 2. The molecule has 0 saturated heterocycles. The molecule has 0 aliphatic carbocycles. The van der Waals surface area contributed by atoms with E-state index in [1.54, 1.807) is 10.9 Å². The number of nitrogens with one attached hydrogen (secondary N) is 1. The van der Waals surface area contributed by atoms with Crippen LogP contribution in [-0.4, -0.2) is 14.5 Å². The maximum Gasteiger partial charge on any atom is 0.277 e. The van der Waals surface area contributed by atoms with Crippen LogP contribution in [0.3, 0.4) is 0 Å². The Kier molecular flexibility index (Phi) is 3.71. The first kappa shape index (κ1) is 14.5. The summed E-state index contributed by atoms with van der Waals surface area (Å²) in [7, 11) is 0. The second-order valence-electron chi connectivity index (χ2n) is 5.77. The van der Waals surface area contributed by atoms with Gasteiger partial charge in [-0.05, 0) is 17.5 Å². The molecule has 4 heteroatoms. The van der Waals surface area contributed by atoms with E-state index in [4.69, 9.17) is 0 Å². The molecule has 0 saturated carbocycles. The van der Waals surface area contributed by atoms with Crippen molar-refractivity contribution in [1.82, 2.24) is 14.5 Å². The minimum absolute atomic E-state index is 0.0295. The molecular formula is C20H17N3O. The van der Waals surface area contributed by atoms with Gasteiger partial charge in [0.15, 0.2) is 0 Å². The summed E-state index contributed by atoms with van der Waals surface area (Å²) >= 11 is 0. The third kappa shape index (κ3) is 2.63. The Labute approximate surface area is 139 Å². The van der Waals surface area contributed by atoms with E-state index in [0.717, 1.165) is 23.1 Å². The number of hydrogen-bond donors (Lipinski definition) is 1. The average molecular weight is 315 g/mol. The number of aryl methyl sites for hydroxylation is 2. The summed E-state index contributed by atoms with van der Waals surface area (Å²) in [5, 5.41) is 0. The van der Waals surface area contributed by atoms with Crippen LogP contribution in [0.1, 0.15) is 5.56 Å². The maximum absolute atomic E-state index is 12.7. The van der Waals surface area contributed by atoms with Gasteiger partial charge < -0.3 is 4.98 Å². The van der Waals surface area contributed by atoms with E-state index < -0.39 is 0 Å². The smallest absolute Gasteiger partial charge is 0.277 e. The molecule has 0 bridgehead atoms. The Hall–Kier alpha value is -3.14. The van der Waals surface area contributed by atoms with E-state index in [0.29, 0.717) is 12.1 Å². The van der Waals surface area contributed by atoms with Crippen LogP contribution < -0.4 is 5.56 Å². The zero-order valence-electron chi connectivity index (χ0n) is 13.1. The van der Waals surface area contributed by atoms with Gasteiger partial charge in [-0.25, -0.2) is 4.98 Å². The van der Waals surface area contributed by atoms with Crippen LogP contribution in [0.25, 0.3) is 22.2 Å². The van der Waals surface area contributed by atoms with Crippen molar-refractivity contribution in [3.8, 4) is 11.1 Å². The molecule has 0 aliphatic heterocycles. The Morgan fingerprint density at radius 1 is 0.958 bits per heavy atom. The van der Waals surface area contributed by atoms with Crippen molar-refractivity contribution >= 4 is 11.0 Å². The predicted octanol–water partition coefficient (Wildman–Crippen LogP) is 3.63. The molecule has 24 heavy (non-hydrogen) atoms. The quantitative estimate of drug-likeness (QED) is 0.625. The largest absolute Gasteiger partial charge is 0.355 e. The molecule has 0 atom stereocenters. The predicted molar refractivity (Wildman–Crippen MR) is 95.9 cm³/mol. The summed E-state index contributed by atoms with van der Waals surface area (Å²) in [4.78, 5) is 20.3. The van der Waals surface area contributed by atoms with E-state index in [1.165, 1.54) is 5.56 Å². The van der Waals surface area contributed by atoms with Crippen molar-refractivity contribution < 1.29 is 0 Å². The lowest BCUT2D eigenvalue weighted by molar-refractivity contribution is 0.662. The van der Waals surface area contributed by atoms with E-state index >= 15 is 0 Å². The number of H-pyrrole nitrogens is 1. The highest BCUT2D eigenvalue weighted by Crippen LogP contribution is 2.24. The number of fused-ring (bicyclic) bond motifs is 1. The van der Waals surface area contributed by atoms with Gasteiger partial charge in [0, 0.05) is 18.3 Å². The van der Waals surface area contributed by atoms with Gasteiger partial charge in [0.2, 0.25) is 0 Å². The molecule has 1 N–H and O–H groups in total. The summed E-state index contributed by atoms with van der Waals surface area (Å²) in [6.07, 6.45) is 4.31. The average Bonchev–Trinajstić information content (AvgIpc) is 3.08. The molecule has 2 aromatic heterocycles. The third-order valence-electron chi connectivity index (χ3n) is 4.22. The van der Waals surface area contributed by atoms with Crippen LogP contribution in [0.2, 0.25) is 0 Å². The third-order valence-corrected chi connectivity index (χ3v) is 4.22. The van der Waals surface area contributed by atoms with E-state index in [-0.39, 0.29) is 5.56 Å². The van der Waals surface area contributed by atoms with Gasteiger partial charge in [0.25, 0.3) is 5.56 Å². The number of nitrogens with zero attached hydrogens (tertiary/aromatic N) is 2. The molecule has 4 aromatic rings. The van der Waals surface area contributed by atoms with Gasteiger partial charge in [-0.15, -0.1) is 0 Å². The Balaban J connectivity index is 1.68. The standard InChI is InChI=1S/C20H17N3O/c24-20-19-18(17(13-21-19)16-9-5-2-6-10-16)22-14-23(20)12-11-15-7-3-1-4-8-15/h1-10,13-14,21H,11-12H2. The molecule has 0 aliphatic rings. The van der Waals surface area contributed by atoms with Crippen molar-refractivity contribution in [1.29, 1.82) is 0 Å². The molecule has 4 nitrogen and oxygen atoms in total. The summed E-state index contributed by atoms with van der Waals surface area (Å²) in [5.41, 5.74) is 4.47. The van der Waals surface area contributed by atoms with E-state index in [1.807, 2.05) is 54.7 Å². The van der Waals surface area contributed by atoms with Gasteiger partial charge in [0.1, 0.15) is 11.0 Å². The summed E-state index contributed by atoms with van der Waals surface area (Å²) < 4.78 is 1.67. The number of aromatic nitrogens is 3. The first-order chi connectivity index (χ1) is 11.8. The zero-order chi connectivity index (χ0) is 16.4. The maximum atomic E-state index is 12.7. The number of rotatable bonds is 4. The van der Waals surface area contributed by atoms with Gasteiger partial charge in [-0.3, -0.25) is 9.36 Å². The first-order valence-electron chi connectivity index (χ1n) is 7.99. The molecular weight excluding hydrogens is 298 g/mol. The van der Waals surface area contributed by atoms with Crippen molar-refractivity contribution in [3.05, 3.63) is 89.1 Å². The molecule has 0 radical (unpaired) electrons. The fraction of sp³-hybridized carbons (Fsp3) is 0.100. The molecule has 2 aromatic carbocycles. The van der Waals surface area contributed by atoms with Crippen LogP contribution in [0.4, 0.5) is 0 Å². The lowest BCUT2D eigenvalue weighted by Crippen LogP contribution is -2.21. The van der Waals surface area contributed by atoms with Crippen molar-refractivity contribution in [3.63, 3.8) is 0 Å². The molecule has 4 rings (SSSR count). The van der Waals surface area contributed by atoms with Gasteiger partial charge >= 0.3 is 0 Å². The lowest BCUT2D eigenvalue weighted by atomic mass is 10.1. The van der Waals surface area contributed by atoms with Gasteiger partial charge in [0.05, 0.1) is 6.33 Å². The minimum Gasteiger partial charge on any atom is -0.355 e. The fourth-order valence-electron chi connectivity index (χ4n) is 2.93. The topological polar surface area (TPSA) is 50.7 Å². The number of aromatic amines is 1. The summed E-state index contributed by atoms with van der Waals surface area (Å²) in [5.74, 6) is 0. The summed E-state index contributed by atoms with van der Waals surface area (Å²) in [6.45, 7) is 0.617. The molecule has 0 spiro atoms. The van der Waals surface area contributed by atoms with Gasteiger partial charge in [-0.1, -0.05) is 60.7 Å². The van der Waals surface area contributed by atoms with Crippen LogP contribution >= 0.6 is 0 Å². The second kappa shape index (κ2) is 6.16. The van der Waals surface area contributed by atoms with E-state index in [9.17, 15) is 4.79 Å². The SMILES string of the molecule is O=c1c2[nH]cc(-c3ccccc3)c2ncn1CCc1ccccc1. The molecule has 0 amide bonds. The zero-order valence-corrected chi connectivity index (χ0v) is 13.1. The van der Waals surface area contributed by atoms with Gasteiger partial charge in [-0.2, -0.15) is 0 Å². The van der Waals surface area contributed by atoms with Crippen LogP contribution in [0.15, 0.2) is 78.0 Å². The molecule has 2 heterocycles. The minimum atomic E-state index is -0.0295. The molecule has 118 valence electrons. The highest BCUT2D eigenvalue weighted by Gasteiger charge is 2.11. The first-order valence-corrected chi connectivity index (χ1v) is 7.99. The van der Waals surface area contributed by atoms with Crippen LogP contribution in [-0.2, 0) is 13.0 Å². The number of benzene rings is 2. The van der Waals surface area contributed by atoms with Crippen molar-refractivity contribution in [2.75, 3.05) is 0 Å². The summed E-state index contributed by atoms with van der Waals surface area (Å²) in [6, 6.07) is 20.1. The lowest BCUT2D eigenvalue weighted by Gasteiger charge is -2.06. The second-order valence-corrected chi connectivity index (χ2v) is 5.77. The highest BCUT2D eigenvalue weighted by atomic mass is 16.1.